The van der Waals surface area contributed by atoms with E-state index >= 15 is 0 Å². The summed E-state index contributed by atoms with van der Waals surface area (Å²) in [6.07, 6.45) is 3.78. The van der Waals surface area contributed by atoms with Crippen LogP contribution in [0.3, 0.4) is 0 Å². The predicted molar refractivity (Wildman–Crippen MR) is 52.2 cm³/mol. The molecular formula is C11H20O. The van der Waals surface area contributed by atoms with Crippen molar-refractivity contribution in [3.05, 3.63) is 12.2 Å². The van der Waals surface area contributed by atoms with Gasteiger partial charge < -0.3 is 4.74 Å². The molecule has 0 aliphatic heterocycles. The smallest absolute Gasteiger partial charge is 0.0598 e. The summed E-state index contributed by atoms with van der Waals surface area (Å²) in [5.41, 5.74) is 1.39. The van der Waals surface area contributed by atoms with Crippen LogP contribution in [0.1, 0.15) is 40.0 Å². The Bertz CT molecular complexity index is 164. The molecule has 1 nitrogen and oxygen atoms in total. The molecular weight excluding hydrogens is 148 g/mol. The van der Waals surface area contributed by atoms with Gasteiger partial charge in [0, 0.05) is 5.92 Å². The molecule has 0 N–H and O–H groups in total. The molecule has 1 aliphatic carbocycles. The van der Waals surface area contributed by atoms with Gasteiger partial charge in [0.1, 0.15) is 0 Å². The van der Waals surface area contributed by atoms with Crippen molar-refractivity contribution in [2.24, 2.45) is 5.92 Å². The molecule has 1 aliphatic rings. The van der Waals surface area contributed by atoms with E-state index in [4.69, 9.17) is 4.74 Å². The van der Waals surface area contributed by atoms with Crippen molar-refractivity contribution in [1.29, 1.82) is 0 Å². The fourth-order valence-electron chi connectivity index (χ4n) is 1.54. The molecule has 0 aromatic carbocycles. The third kappa shape index (κ3) is 2.98. The Balaban J connectivity index is 2.27. The van der Waals surface area contributed by atoms with Gasteiger partial charge in [0.2, 0.25) is 0 Å². The number of hydrogen-bond acceptors (Lipinski definition) is 1. The summed E-state index contributed by atoms with van der Waals surface area (Å²) >= 11 is 0. The van der Waals surface area contributed by atoms with Gasteiger partial charge in [-0.1, -0.05) is 12.2 Å². The van der Waals surface area contributed by atoms with Gasteiger partial charge in [-0.2, -0.15) is 0 Å². The minimum atomic E-state index is 0.00285. The van der Waals surface area contributed by atoms with Crippen LogP contribution < -0.4 is 0 Å². The van der Waals surface area contributed by atoms with Gasteiger partial charge in [-0.15, -0.1) is 0 Å². The van der Waals surface area contributed by atoms with Crippen LogP contribution in [-0.4, -0.2) is 12.2 Å². The topological polar surface area (TPSA) is 9.23 Å². The fourth-order valence-corrected chi connectivity index (χ4v) is 1.54. The summed E-state index contributed by atoms with van der Waals surface area (Å²) < 4.78 is 5.72. The highest BCUT2D eigenvalue weighted by molar-refractivity contribution is 5.05. The molecule has 0 bridgehead atoms. The lowest BCUT2D eigenvalue weighted by Crippen LogP contribution is -2.23. The summed E-state index contributed by atoms with van der Waals surface area (Å²) in [6, 6.07) is 0. The molecule has 1 unspecified atom stereocenters. The van der Waals surface area contributed by atoms with E-state index in [1.54, 1.807) is 0 Å². The Hall–Kier alpha value is -0.300. The van der Waals surface area contributed by atoms with Crippen molar-refractivity contribution in [2.75, 3.05) is 6.61 Å². The highest BCUT2D eigenvalue weighted by atomic mass is 16.5. The second-order valence-electron chi connectivity index (χ2n) is 4.67. The van der Waals surface area contributed by atoms with Gasteiger partial charge in [-0.3, -0.25) is 0 Å². The molecule has 1 atom stereocenters. The second kappa shape index (κ2) is 3.61. The third-order valence-corrected chi connectivity index (χ3v) is 2.35. The molecule has 0 spiro atoms. The van der Waals surface area contributed by atoms with Crippen LogP contribution in [0.4, 0.5) is 0 Å². The molecule has 12 heavy (non-hydrogen) atoms. The first-order valence-electron chi connectivity index (χ1n) is 4.81. The second-order valence-corrected chi connectivity index (χ2v) is 4.67. The maximum Gasteiger partial charge on any atom is 0.0598 e. The maximum atomic E-state index is 5.72. The monoisotopic (exact) mass is 168 g/mol. The van der Waals surface area contributed by atoms with Crippen LogP contribution in [0.25, 0.3) is 0 Å². The molecule has 0 saturated heterocycles. The first-order valence-corrected chi connectivity index (χ1v) is 4.81. The Kier molecular flexibility index (Phi) is 2.94. The van der Waals surface area contributed by atoms with Gasteiger partial charge in [0.15, 0.2) is 0 Å². The van der Waals surface area contributed by atoms with Crippen LogP contribution in [-0.2, 0) is 4.74 Å². The summed E-state index contributed by atoms with van der Waals surface area (Å²) in [6.45, 7) is 11.2. The van der Waals surface area contributed by atoms with Crippen molar-refractivity contribution >= 4 is 0 Å². The molecule has 70 valence electrons. The standard InChI is InChI=1S/C11H20O/c1-9-6-5-7-10(9)8-12-11(2,3)4/h10H,1,5-8H2,2-4H3. The molecule has 1 rings (SSSR count). The number of hydrogen-bond donors (Lipinski definition) is 0. The van der Waals surface area contributed by atoms with Crippen LogP contribution >= 0.6 is 0 Å². The minimum absolute atomic E-state index is 0.00285. The zero-order valence-electron chi connectivity index (χ0n) is 8.52. The summed E-state index contributed by atoms with van der Waals surface area (Å²) in [4.78, 5) is 0. The van der Waals surface area contributed by atoms with Crippen LogP contribution in [0.5, 0.6) is 0 Å². The molecule has 1 saturated carbocycles. The first kappa shape index (κ1) is 9.79. The number of rotatable bonds is 2. The molecule has 0 amide bonds. The highest BCUT2D eigenvalue weighted by Gasteiger charge is 2.21. The molecule has 0 radical (unpaired) electrons. The van der Waals surface area contributed by atoms with Crippen molar-refractivity contribution in [2.45, 2.75) is 45.6 Å². The van der Waals surface area contributed by atoms with Crippen molar-refractivity contribution in [1.82, 2.24) is 0 Å². The predicted octanol–water partition coefficient (Wildman–Crippen LogP) is 3.16. The molecule has 0 aromatic heterocycles. The lowest BCUT2D eigenvalue weighted by atomic mass is 10.1. The van der Waals surface area contributed by atoms with E-state index in [1.165, 1.54) is 24.8 Å². The molecule has 1 heteroatoms. The van der Waals surface area contributed by atoms with Gasteiger partial charge in [-0.05, 0) is 40.0 Å². The van der Waals surface area contributed by atoms with Gasteiger partial charge in [0.25, 0.3) is 0 Å². The van der Waals surface area contributed by atoms with E-state index in [-0.39, 0.29) is 5.60 Å². The summed E-state index contributed by atoms with van der Waals surface area (Å²) in [5, 5.41) is 0. The van der Waals surface area contributed by atoms with Crippen molar-refractivity contribution < 1.29 is 4.74 Å². The van der Waals surface area contributed by atoms with Gasteiger partial charge >= 0.3 is 0 Å². The van der Waals surface area contributed by atoms with E-state index in [0.29, 0.717) is 5.92 Å². The minimum Gasteiger partial charge on any atom is -0.375 e. The Morgan fingerprint density at radius 2 is 2.17 bits per heavy atom. The molecule has 0 heterocycles. The zero-order valence-corrected chi connectivity index (χ0v) is 8.52. The van der Waals surface area contributed by atoms with Crippen molar-refractivity contribution in [3.63, 3.8) is 0 Å². The maximum absolute atomic E-state index is 5.72. The summed E-state index contributed by atoms with van der Waals surface area (Å²) in [7, 11) is 0. The van der Waals surface area contributed by atoms with E-state index in [1.807, 2.05) is 0 Å². The number of ether oxygens (including phenoxy) is 1. The average Bonchev–Trinajstić information content (AvgIpc) is 2.29. The Labute approximate surface area is 75.8 Å². The van der Waals surface area contributed by atoms with Gasteiger partial charge in [0.05, 0.1) is 12.2 Å². The quantitative estimate of drug-likeness (QED) is 0.575. The van der Waals surface area contributed by atoms with E-state index in [9.17, 15) is 0 Å². The van der Waals surface area contributed by atoms with Crippen molar-refractivity contribution in [3.8, 4) is 0 Å². The largest absolute Gasteiger partial charge is 0.375 e. The van der Waals surface area contributed by atoms with Crippen LogP contribution in [0.15, 0.2) is 12.2 Å². The van der Waals surface area contributed by atoms with Crippen LogP contribution in [0, 0.1) is 5.92 Å². The molecule has 1 fully saturated rings. The lowest BCUT2D eigenvalue weighted by molar-refractivity contribution is -0.0158. The van der Waals surface area contributed by atoms with E-state index in [0.717, 1.165) is 6.61 Å². The third-order valence-electron chi connectivity index (χ3n) is 2.35. The fraction of sp³-hybridized carbons (Fsp3) is 0.818. The average molecular weight is 168 g/mol. The highest BCUT2D eigenvalue weighted by Crippen LogP contribution is 2.30. The molecule has 0 aromatic rings. The Morgan fingerprint density at radius 1 is 1.50 bits per heavy atom. The SMILES string of the molecule is C=C1CCCC1COC(C)(C)C. The Morgan fingerprint density at radius 3 is 2.58 bits per heavy atom. The lowest BCUT2D eigenvalue weighted by Gasteiger charge is -2.22. The summed E-state index contributed by atoms with van der Waals surface area (Å²) in [5.74, 6) is 0.629. The van der Waals surface area contributed by atoms with Gasteiger partial charge in [-0.25, -0.2) is 0 Å². The normalized spacial score (nSPS) is 24.9. The van der Waals surface area contributed by atoms with E-state index < -0.39 is 0 Å². The van der Waals surface area contributed by atoms with E-state index in [2.05, 4.69) is 27.4 Å². The first-order chi connectivity index (χ1) is 5.49. The zero-order chi connectivity index (χ0) is 9.19. The van der Waals surface area contributed by atoms with Crippen LogP contribution in [0.2, 0.25) is 0 Å².